The van der Waals surface area contributed by atoms with Gasteiger partial charge in [-0.15, -0.1) is 0 Å². The molecule has 0 spiro atoms. The predicted molar refractivity (Wildman–Crippen MR) is 95.5 cm³/mol. The van der Waals surface area contributed by atoms with Gasteiger partial charge in [0, 0.05) is 9.14 Å². The lowest BCUT2D eigenvalue weighted by molar-refractivity contribution is -0.147. The zero-order valence-corrected chi connectivity index (χ0v) is 15.9. The highest BCUT2D eigenvalue weighted by atomic mass is 127. The fourth-order valence-corrected chi connectivity index (χ4v) is 3.42. The van der Waals surface area contributed by atoms with Crippen LogP contribution in [0.3, 0.4) is 0 Å². The molecular weight excluding hydrogens is 407 g/mol. The maximum Gasteiger partial charge on any atom is 0.333 e. The van der Waals surface area contributed by atoms with Gasteiger partial charge in [-0.25, -0.2) is 4.79 Å². The van der Waals surface area contributed by atoms with Crippen LogP contribution in [0.2, 0.25) is 0 Å². The highest BCUT2D eigenvalue weighted by Gasteiger charge is 2.61. The average Bonchev–Trinajstić information content (AvgIpc) is 3.04. The molecular formula is C18H21IO4. The van der Waals surface area contributed by atoms with Gasteiger partial charge in [0.1, 0.15) is 6.61 Å². The minimum Gasteiger partial charge on any atom is -0.466 e. The van der Waals surface area contributed by atoms with E-state index >= 15 is 0 Å². The Morgan fingerprint density at radius 2 is 2.04 bits per heavy atom. The lowest BCUT2D eigenvalue weighted by Crippen LogP contribution is -2.10. The molecule has 0 aliphatic heterocycles. The Morgan fingerprint density at radius 1 is 1.35 bits per heavy atom. The number of rotatable bonds is 5. The number of esters is 2. The molecule has 1 aliphatic rings. The van der Waals surface area contributed by atoms with Gasteiger partial charge in [0.05, 0.1) is 13.0 Å². The molecule has 0 unspecified atom stereocenters. The molecule has 1 aromatic rings. The lowest BCUT2D eigenvalue weighted by atomic mass is 10.1. The Balaban J connectivity index is 1.98. The minimum atomic E-state index is -0.362. The van der Waals surface area contributed by atoms with Crippen LogP contribution < -0.4 is 0 Å². The van der Waals surface area contributed by atoms with Crippen molar-refractivity contribution in [1.82, 2.24) is 0 Å². The molecule has 2 atom stereocenters. The summed E-state index contributed by atoms with van der Waals surface area (Å²) in [5.74, 6) is -0.790. The third-order valence-corrected chi connectivity index (χ3v) is 5.04. The normalized spacial score (nSPS) is 22.4. The van der Waals surface area contributed by atoms with E-state index in [4.69, 9.17) is 9.47 Å². The van der Waals surface area contributed by atoms with E-state index in [1.165, 1.54) is 7.11 Å². The molecule has 1 aliphatic carbocycles. The summed E-state index contributed by atoms with van der Waals surface area (Å²) in [5.41, 5.74) is 1.30. The first-order valence-corrected chi connectivity index (χ1v) is 8.53. The van der Waals surface area contributed by atoms with Crippen molar-refractivity contribution in [3.63, 3.8) is 0 Å². The fraction of sp³-hybridized carbons (Fsp3) is 0.444. The van der Waals surface area contributed by atoms with Crippen LogP contribution in [0.15, 0.2) is 35.9 Å². The van der Waals surface area contributed by atoms with E-state index in [1.807, 2.05) is 44.2 Å². The van der Waals surface area contributed by atoms with Gasteiger partial charge in [0.15, 0.2) is 0 Å². The summed E-state index contributed by atoms with van der Waals surface area (Å²) in [6, 6.07) is 7.86. The molecule has 124 valence electrons. The Morgan fingerprint density at radius 3 is 2.65 bits per heavy atom. The second kappa shape index (κ2) is 7.03. The van der Waals surface area contributed by atoms with E-state index in [0.29, 0.717) is 5.57 Å². The van der Waals surface area contributed by atoms with Crippen LogP contribution >= 0.6 is 22.6 Å². The number of carbonyl (C=O) groups excluding carboxylic acids is 2. The van der Waals surface area contributed by atoms with Gasteiger partial charge in [-0.3, -0.25) is 4.79 Å². The molecule has 0 heterocycles. The molecule has 2 rings (SSSR count). The van der Waals surface area contributed by atoms with Gasteiger partial charge in [-0.1, -0.05) is 32.1 Å². The largest absolute Gasteiger partial charge is 0.466 e. The third-order valence-electron chi connectivity index (χ3n) is 4.37. The zero-order chi connectivity index (χ0) is 17.2. The molecule has 23 heavy (non-hydrogen) atoms. The van der Waals surface area contributed by atoms with Gasteiger partial charge >= 0.3 is 11.9 Å². The monoisotopic (exact) mass is 428 g/mol. The quantitative estimate of drug-likeness (QED) is 0.408. The molecule has 0 saturated heterocycles. The highest BCUT2D eigenvalue weighted by molar-refractivity contribution is 14.1. The van der Waals surface area contributed by atoms with Gasteiger partial charge in [0.25, 0.3) is 0 Å². The first-order valence-electron chi connectivity index (χ1n) is 7.45. The van der Waals surface area contributed by atoms with Gasteiger partial charge < -0.3 is 9.47 Å². The Hall–Kier alpha value is -1.37. The van der Waals surface area contributed by atoms with E-state index in [-0.39, 0.29) is 35.8 Å². The third kappa shape index (κ3) is 4.13. The number of allylic oxidation sites excluding steroid dienone is 1. The van der Waals surface area contributed by atoms with Crippen molar-refractivity contribution in [3.05, 3.63) is 45.0 Å². The maximum atomic E-state index is 12.3. The average molecular weight is 428 g/mol. The van der Waals surface area contributed by atoms with Crippen molar-refractivity contribution in [2.24, 2.45) is 17.3 Å². The van der Waals surface area contributed by atoms with Crippen molar-refractivity contribution >= 4 is 34.5 Å². The predicted octanol–water partition coefficient (Wildman–Crippen LogP) is 3.73. The minimum absolute atomic E-state index is 0.00464. The molecule has 1 fully saturated rings. The van der Waals surface area contributed by atoms with E-state index in [1.54, 1.807) is 6.92 Å². The first-order chi connectivity index (χ1) is 10.8. The standard InChI is InChI=1S/C18H21IO4/c1-11(16(20)22-4)8-14-15(18(14,2)3)17(21)23-10-12-6-5-7-13(19)9-12/h5-9,14-15H,10H2,1-4H3/t14-,15-/m0/s1. The molecule has 4 nitrogen and oxygen atoms in total. The molecule has 0 bridgehead atoms. The molecule has 0 radical (unpaired) electrons. The number of ether oxygens (including phenoxy) is 2. The fourth-order valence-electron chi connectivity index (χ4n) is 2.81. The summed E-state index contributed by atoms with van der Waals surface area (Å²) in [4.78, 5) is 23.8. The second-order valence-electron chi connectivity index (χ2n) is 6.40. The smallest absolute Gasteiger partial charge is 0.333 e. The van der Waals surface area contributed by atoms with Gasteiger partial charge in [-0.2, -0.15) is 0 Å². The second-order valence-corrected chi connectivity index (χ2v) is 7.65. The number of benzene rings is 1. The summed E-state index contributed by atoms with van der Waals surface area (Å²) in [6.07, 6.45) is 1.82. The van der Waals surface area contributed by atoms with Gasteiger partial charge in [-0.05, 0) is 58.5 Å². The molecule has 0 N–H and O–H groups in total. The lowest BCUT2D eigenvalue weighted by Gasteiger charge is -2.06. The van der Waals surface area contributed by atoms with Crippen molar-refractivity contribution < 1.29 is 19.1 Å². The number of carbonyl (C=O) groups is 2. The van der Waals surface area contributed by atoms with Gasteiger partial charge in [0.2, 0.25) is 0 Å². The highest BCUT2D eigenvalue weighted by Crippen LogP contribution is 2.59. The van der Waals surface area contributed by atoms with E-state index in [9.17, 15) is 9.59 Å². The van der Waals surface area contributed by atoms with Crippen LogP contribution in [0.25, 0.3) is 0 Å². The van der Waals surface area contributed by atoms with Crippen LogP contribution in [-0.4, -0.2) is 19.0 Å². The van der Waals surface area contributed by atoms with Crippen LogP contribution in [0.5, 0.6) is 0 Å². The summed E-state index contributed by atoms with van der Waals surface area (Å²) in [7, 11) is 1.35. The number of hydrogen-bond acceptors (Lipinski definition) is 4. The molecule has 0 aromatic heterocycles. The Kier molecular flexibility index (Phi) is 5.49. The SMILES string of the molecule is COC(=O)C(C)=C[C@H]1[C@@H](C(=O)OCc2cccc(I)c2)C1(C)C. The molecule has 1 saturated carbocycles. The van der Waals surface area contributed by atoms with E-state index < -0.39 is 0 Å². The number of hydrogen-bond donors (Lipinski definition) is 0. The summed E-state index contributed by atoms with van der Waals surface area (Å²) < 4.78 is 11.3. The molecule has 5 heteroatoms. The van der Waals surface area contributed by atoms with Crippen LogP contribution in [0.1, 0.15) is 26.3 Å². The van der Waals surface area contributed by atoms with Crippen LogP contribution in [0.4, 0.5) is 0 Å². The number of halogens is 1. The van der Waals surface area contributed by atoms with Crippen LogP contribution in [0, 0.1) is 20.8 Å². The summed E-state index contributed by atoms with van der Waals surface area (Å²) >= 11 is 2.23. The van der Waals surface area contributed by atoms with E-state index in [0.717, 1.165) is 9.13 Å². The van der Waals surface area contributed by atoms with Crippen molar-refractivity contribution in [2.45, 2.75) is 27.4 Å². The maximum absolute atomic E-state index is 12.3. The molecule has 0 amide bonds. The van der Waals surface area contributed by atoms with Crippen molar-refractivity contribution in [3.8, 4) is 0 Å². The van der Waals surface area contributed by atoms with Crippen molar-refractivity contribution in [2.75, 3.05) is 7.11 Å². The first kappa shape index (κ1) is 18.0. The molecule has 1 aromatic carbocycles. The van der Waals surface area contributed by atoms with Crippen LogP contribution in [-0.2, 0) is 25.7 Å². The summed E-state index contributed by atoms with van der Waals surface area (Å²) in [6.45, 7) is 6.00. The Bertz CT molecular complexity index is 648. The Labute approximate surface area is 150 Å². The number of methoxy groups -OCH3 is 1. The zero-order valence-electron chi connectivity index (χ0n) is 13.8. The summed E-state index contributed by atoms with van der Waals surface area (Å²) in [5, 5.41) is 0. The van der Waals surface area contributed by atoms with E-state index in [2.05, 4.69) is 22.6 Å². The van der Waals surface area contributed by atoms with Crippen molar-refractivity contribution in [1.29, 1.82) is 0 Å². The topological polar surface area (TPSA) is 52.6 Å².